The first-order valence-electron chi connectivity index (χ1n) is 9.35. The number of nitrogens with zero attached hydrogens (tertiary/aromatic N) is 1. The number of benzene rings is 1. The van der Waals surface area contributed by atoms with Crippen LogP contribution in [-0.4, -0.2) is 60.1 Å². The second-order valence-electron chi connectivity index (χ2n) is 6.26. The van der Waals surface area contributed by atoms with E-state index in [9.17, 15) is 14.4 Å². The molecule has 2 N–H and O–H groups in total. The van der Waals surface area contributed by atoms with Crippen molar-refractivity contribution < 1.29 is 23.9 Å². The molecule has 0 aliphatic carbocycles. The van der Waals surface area contributed by atoms with Gasteiger partial charge in [-0.1, -0.05) is 6.92 Å². The van der Waals surface area contributed by atoms with Crippen LogP contribution in [-0.2, 0) is 14.3 Å². The lowest BCUT2D eigenvalue weighted by atomic mass is 10.1. The molecule has 1 aliphatic heterocycles. The topological polar surface area (TPSA) is 97.0 Å². The fourth-order valence-electron chi connectivity index (χ4n) is 2.75. The van der Waals surface area contributed by atoms with Crippen LogP contribution >= 0.6 is 28.1 Å². The van der Waals surface area contributed by atoms with Gasteiger partial charge >= 0.3 is 5.97 Å². The predicted molar refractivity (Wildman–Crippen MR) is 115 cm³/mol. The lowest BCUT2D eigenvalue weighted by molar-refractivity contribution is -0.147. The summed E-state index contributed by atoms with van der Waals surface area (Å²) in [5.41, 5.74) is 0.378. The van der Waals surface area contributed by atoms with Crippen LogP contribution in [0.5, 0.6) is 5.75 Å². The van der Waals surface area contributed by atoms with Gasteiger partial charge in [0, 0.05) is 18.7 Å². The molecule has 0 aromatic heterocycles. The highest BCUT2D eigenvalue weighted by Crippen LogP contribution is 2.26. The van der Waals surface area contributed by atoms with Gasteiger partial charge in [-0.2, -0.15) is 0 Å². The number of halogens is 1. The van der Waals surface area contributed by atoms with Gasteiger partial charge in [-0.25, -0.2) is 0 Å². The number of hydrogen-bond acceptors (Lipinski definition) is 6. The first-order chi connectivity index (χ1) is 13.9. The summed E-state index contributed by atoms with van der Waals surface area (Å²) in [5, 5.41) is 5.43. The molecule has 1 unspecified atom stereocenters. The zero-order valence-electron chi connectivity index (χ0n) is 16.3. The minimum atomic E-state index is -0.826. The summed E-state index contributed by atoms with van der Waals surface area (Å²) in [6.45, 7) is 5.30. The van der Waals surface area contributed by atoms with Crippen LogP contribution in [0.4, 0.5) is 0 Å². The van der Waals surface area contributed by atoms with Gasteiger partial charge in [-0.15, -0.1) is 0 Å². The lowest BCUT2D eigenvalue weighted by Gasteiger charge is -2.36. The molecule has 1 heterocycles. The zero-order valence-corrected chi connectivity index (χ0v) is 18.7. The van der Waals surface area contributed by atoms with Crippen molar-refractivity contribution in [1.29, 1.82) is 0 Å². The number of hydrogen-bond donors (Lipinski definition) is 2. The molecule has 2 rings (SSSR count). The third kappa shape index (κ3) is 6.40. The number of carbonyl (C=O) groups excluding carboxylic acids is 3. The summed E-state index contributed by atoms with van der Waals surface area (Å²) in [4.78, 5) is 38.4. The monoisotopic (exact) mass is 485 g/mol. The standard InChI is InChI=1S/C19H24BrN3O5S/c1-3-9-28-16(24)11-14-18(26)21-7-8-23(14)19(29)22-17(25)12-5-6-15(27-4-2)13(20)10-12/h5-6,10,14H,3-4,7-9,11H2,1-2H3,(H,21,26)(H,22,25,29). The minimum Gasteiger partial charge on any atom is -0.493 e. The maximum Gasteiger partial charge on any atom is 0.308 e. The number of rotatable bonds is 7. The van der Waals surface area contributed by atoms with Crippen LogP contribution in [0.2, 0.25) is 0 Å². The van der Waals surface area contributed by atoms with Crippen LogP contribution in [0, 0.1) is 0 Å². The molecule has 2 amide bonds. The van der Waals surface area contributed by atoms with E-state index >= 15 is 0 Å². The Morgan fingerprint density at radius 3 is 2.79 bits per heavy atom. The molecule has 0 bridgehead atoms. The van der Waals surface area contributed by atoms with Gasteiger partial charge in [0.05, 0.1) is 24.1 Å². The molecule has 1 aliphatic rings. The third-order valence-electron chi connectivity index (χ3n) is 4.13. The van der Waals surface area contributed by atoms with Crippen molar-refractivity contribution in [3.05, 3.63) is 28.2 Å². The van der Waals surface area contributed by atoms with Crippen molar-refractivity contribution in [2.24, 2.45) is 0 Å². The third-order valence-corrected chi connectivity index (χ3v) is 5.09. The van der Waals surface area contributed by atoms with E-state index in [-0.39, 0.29) is 17.4 Å². The molecule has 29 heavy (non-hydrogen) atoms. The second kappa shape index (κ2) is 11.1. The number of esters is 1. The average Bonchev–Trinajstić information content (AvgIpc) is 2.69. The van der Waals surface area contributed by atoms with Gasteiger partial charge in [0.15, 0.2) is 5.11 Å². The summed E-state index contributed by atoms with van der Waals surface area (Å²) < 4.78 is 11.2. The van der Waals surface area contributed by atoms with Gasteiger partial charge in [0.25, 0.3) is 5.91 Å². The van der Waals surface area contributed by atoms with Gasteiger partial charge in [-0.3, -0.25) is 19.7 Å². The molecule has 0 radical (unpaired) electrons. The number of amides is 2. The quantitative estimate of drug-likeness (QED) is 0.450. The average molecular weight is 486 g/mol. The first-order valence-corrected chi connectivity index (χ1v) is 10.5. The van der Waals surface area contributed by atoms with E-state index in [1.54, 1.807) is 23.1 Å². The number of thiocarbonyl (C=S) groups is 1. The molecule has 0 saturated carbocycles. The number of nitrogens with one attached hydrogen (secondary N) is 2. The number of piperazine rings is 1. The molecule has 1 aromatic rings. The second-order valence-corrected chi connectivity index (χ2v) is 7.50. The SMILES string of the molecule is CCCOC(=O)CC1C(=O)NCCN1C(=S)NC(=O)c1ccc(OCC)c(Br)c1. The van der Waals surface area contributed by atoms with Crippen LogP contribution in [0.15, 0.2) is 22.7 Å². The zero-order chi connectivity index (χ0) is 21.4. The van der Waals surface area contributed by atoms with Gasteiger partial charge < -0.3 is 19.7 Å². The van der Waals surface area contributed by atoms with Gasteiger partial charge in [0.2, 0.25) is 5.91 Å². The van der Waals surface area contributed by atoms with Crippen molar-refractivity contribution >= 4 is 51.0 Å². The normalized spacial score (nSPS) is 16.0. The lowest BCUT2D eigenvalue weighted by Crippen LogP contribution is -2.60. The highest BCUT2D eigenvalue weighted by atomic mass is 79.9. The maximum absolute atomic E-state index is 12.6. The largest absolute Gasteiger partial charge is 0.493 e. The van der Waals surface area contributed by atoms with Crippen molar-refractivity contribution in [2.75, 3.05) is 26.3 Å². The first kappa shape index (κ1) is 23.1. The van der Waals surface area contributed by atoms with E-state index in [0.717, 1.165) is 0 Å². The molecule has 1 aromatic carbocycles. The molecule has 1 saturated heterocycles. The summed E-state index contributed by atoms with van der Waals surface area (Å²) in [6, 6.07) is 4.11. The Morgan fingerprint density at radius 1 is 1.38 bits per heavy atom. The van der Waals surface area contributed by atoms with E-state index in [2.05, 4.69) is 26.6 Å². The molecular formula is C19H24BrN3O5S. The van der Waals surface area contributed by atoms with E-state index in [4.69, 9.17) is 21.7 Å². The van der Waals surface area contributed by atoms with E-state index in [0.29, 0.717) is 48.5 Å². The van der Waals surface area contributed by atoms with E-state index < -0.39 is 17.9 Å². The van der Waals surface area contributed by atoms with Gasteiger partial charge in [-0.05, 0) is 59.7 Å². The Labute approximate surface area is 183 Å². The van der Waals surface area contributed by atoms with Crippen LogP contribution < -0.4 is 15.4 Å². The fraction of sp³-hybridized carbons (Fsp3) is 0.474. The Morgan fingerprint density at radius 2 is 2.14 bits per heavy atom. The molecule has 0 spiro atoms. The molecule has 10 heteroatoms. The Kier molecular flexibility index (Phi) is 8.84. The summed E-state index contributed by atoms with van der Waals surface area (Å²) >= 11 is 8.72. The fourth-order valence-corrected chi connectivity index (χ4v) is 3.55. The highest BCUT2D eigenvalue weighted by Gasteiger charge is 2.34. The smallest absolute Gasteiger partial charge is 0.308 e. The summed E-state index contributed by atoms with van der Waals surface area (Å²) in [6.07, 6.45) is 0.550. The highest BCUT2D eigenvalue weighted by molar-refractivity contribution is 9.10. The van der Waals surface area contributed by atoms with Crippen molar-refractivity contribution in [1.82, 2.24) is 15.5 Å². The van der Waals surface area contributed by atoms with Crippen molar-refractivity contribution in [3.63, 3.8) is 0 Å². The van der Waals surface area contributed by atoms with Crippen LogP contribution in [0.25, 0.3) is 0 Å². The maximum atomic E-state index is 12.6. The Bertz CT molecular complexity index is 789. The molecular weight excluding hydrogens is 462 g/mol. The molecule has 1 atom stereocenters. The predicted octanol–water partition coefficient (Wildman–Crippen LogP) is 2.01. The van der Waals surface area contributed by atoms with E-state index in [1.165, 1.54) is 0 Å². The van der Waals surface area contributed by atoms with Gasteiger partial charge in [0.1, 0.15) is 11.8 Å². The molecule has 8 nitrogen and oxygen atoms in total. The number of ether oxygens (including phenoxy) is 2. The minimum absolute atomic E-state index is 0.0862. The Hall–Kier alpha value is -2.20. The van der Waals surface area contributed by atoms with Crippen molar-refractivity contribution in [2.45, 2.75) is 32.7 Å². The number of carbonyl (C=O) groups is 3. The Balaban J connectivity index is 2.06. The summed E-state index contributed by atoms with van der Waals surface area (Å²) in [5.74, 6) is -0.601. The van der Waals surface area contributed by atoms with Crippen LogP contribution in [0.1, 0.15) is 37.0 Å². The van der Waals surface area contributed by atoms with Crippen LogP contribution in [0.3, 0.4) is 0 Å². The van der Waals surface area contributed by atoms with Crippen molar-refractivity contribution in [3.8, 4) is 5.75 Å². The molecule has 1 fully saturated rings. The summed E-state index contributed by atoms with van der Waals surface area (Å²) in [7, 11) is 0. The van der Waals surface area contributed by atoms with E-state index in [1.807, 2.05) is 13.8 Å². The molecule has 158 valence electrons.